The summed E-state index contributed by atoms with van der Waals surface area (Å²) in [6.07, 6.45) is 8.76. The van der Waals surface area contributed by atoms with Crippen LogP contribution in [0.2, 0.25) is 0 Å². The fraction of sp³-hybridized carbons (Fsp3) is 0.263. The highest BCUT2D eigenvalue weighted by Crippen LogP contribution is 2.40. The SMILES string of the molecule is CN(C)CC/C=C1\c2cc(SC(F)(F)F)ccc2C=Cn2cccc21. The average molecular weight is 364 g/mol. The quantitative estimate of drug-likeness (QED) is 0.571. The van der Waals surface area contributed by atoms with E-state index in [-0.39, 0.29) is 16.7 Å². The van der Waals surface area contributed by atoms with Gasteiger partial charge in [-0.3, -0.25) is 0 Å². The Bertz CT molecular complexity index is 816. The molecule has 0 unspecified atom stereocenters. The molecule has 1 aliphatic heterocycles. The van der Waals surface area contributed by atoms with Gasteiger partial charge in [-0.1, -0.05) is 12.1 Å². The summed E-state index contributed by atoms with van der Waals surface area (Å²) in [5.41, 5.74) is -0.573. The molecule has 132 valence electrons. The van der Waals surface area contributed by atoms with Crippen molar-refractivity contribution < 1.29 is 13.2 Å². The van der Waals surface area contributed by atoms with Crippen molar-refractivity contribution in [2.75, 3.05) is 20.6 Å². The van der Waals surface area contributed by atoms with Crippen LogP contribution in [0.5, 0.6) is 0 Å². The number of thioether (sulfide) groups is 1. The van der Waals surface area contributed by atoms with Gasteiger partial charge in [-0.15, -0.1) is 0 Å². The van der Waals surface area contributed by atoms with Crippen molar-refractivity contribution in [2.45, 2.75) is 16.8 Å². The molecule has 2 aromatic rings. The van der Waals surface area contributed by atoms with Gasteiger partial charge in [0.2, 0.25) is 0 Å². The second kappa shape index (κ2) is 7.14. The van der Waals surface area contributed by atoms with Crippen LogP contribution in [-0.4, -0.2) is 35.6 Å². The lowest BCUT2D eigenvalue weighted by Crippen LogP contribution is -2.12. The zero-order chi connectivity index (χ0) is 18.0. The molecule has 25 heavy (non-hydrogen) atoms. The van der Waals surface area contributed by atoms with Crippen LogP contribution in [0, 0.1) is 0 Å². The normalized spacial score (nSPS) is 15.4. The third-order valence-corrected chi connectivity index (χ3v) is 4.66. The third kappa shape index (κ3) is 4.38. The third-order valence-electron chi connectivity index (χ3n) is 3.94. The first-order valence-electron chi connectivity index (χ1n) is 7.94. The highest BCUT2D eigenvalue weighted by atomic mass is 32.2. The monoisotopic (exact) mass is 364 g/mol. The summed E-state index contributed by atoms with van der Waals surface area (Å²) in [4.78, 5) is 2.29. The molecule has 1 aliphatic rings. The van der Waals surface area contributed by atoms with Gasteiger partial charge in [-0.2, -0.15) is 13.2 Å². The van der Waals surface area contributed by atoms with Gasteiger partial charge < -0.3 is 9.47 Å². The van der Waals surface area contributed by atoms with Gasteiger partial charge in [0.05, 0.1) is 5.69 Å². The van der Waals surface area contributed by atoms with Crippen molar-refractivity contribution in [3.63, 3.8) is 0 Å². The maximum atomic E-state index is 12.8. The molecule has 0 N–H and O–H groups in total. The van der Waals surface area contributed by atoms with Crippen LogP contribution in [0.4, 0.5) is 13.2 Å². The number of rotatable bonds is 4. The van der Waals surface area contributed by atoms with E-state index in [0.717, 1.165) is 35.4 Å². The molecule has 3 rings (SSSR count). The molecule has 0 radical (unpaired) electrons. The maximum Gasteiger partial charge on any atom is 0.446 e. The van der Waals surface area contributed by atoms with Crippen LogP contribution in [-0.2, 0) is 0 Å². The number of alkyl halides is 3. The van der Waals surface area contributed by atoms with E-state index in [1.165, 1.54) is 6.07 Å². The summed E-state index contributed by atoms with van der Waals surface area (Å²) in [5.74, 6) is 0. The van der Waals surface area contributed by atoms with Crippen molar-refractivity contribution in [1.29, 1.82) is 0 Å². The van der Waals surface area contributed by atoms with Gasteiger partial charge in [0, 0.05) is 29.4 Å². The van der Waals surface area contributed by atoms with Crippen LogP contribution in [0.3, 0.4) is 0 Å². The van der Waals surface area contributed by atoms with E-state index in [1.807, 2.05) is 49.3 Å². The van der Waals surface area contributed by atoms with Gasteiger partial charge in [0.25, 0.3) is 0 Å². The molecule has 0 bridgehead atoms. The van der Waals surface area contributed by atoms with Crippen molar-refractivity contribution in [3.05, 3.63) is 59.4 Å². The molecule has 0 atom stereocenters. The Kier molecular flexibility index (Phi) is 5.11. The van der Waals surface area contributed by atoms with E-state index in [9.17, 15) is 13.2 Å². The Balaban J connectivity index is 2.05. The second-order valence-corrected chi connectivity index (χ2v) is 7.26. The minimum Gasteiger partial charge on any atom is -0.323 e. The molecule has 0 spiro atoms. The number of halogens is 3. The first-order valence-corrected chi connectivity index (χ1v) is 8.75. The van der Waals surface area contributed by atoms with Crippen molar-refractivity contribution in [2.24, 2.45) is 0 Å². The Morgan fingerprint density at radius 3 is 2.72 bits per heavy atom. The van der Waals surface area contributed by atoms with Gasteiger partial charge in [-0.05, 0) is 73.7 Å². The minimum atomic E-state index is -4.29. The minimum absolute atomic E-state index is 0.0718. The number of aromatic nitrogens is 1. The standard InChI is InChI=1S/C19H19F3N2S/c1-23(2)10-3-5-16-17-13-15(25-19(20,21)22)8-7-14(17)9-12-24-11-4-6-18(16)24/h4-9,11-13H,3,10H2,1-2H3/b16-5+. The summed E-state index contributed by atoms with van der Waals surface area (Å²) in [6.45, 7) is 0.879. The van der Waals surface area contributed by atoms with E-state index in [4.69, 9.17) is 0 Å². The number of benzene rings is 1. The molecule has 1 aromatic heterocycles. The van der Waals surface area contributed by atoms with Crippen LogP contribution in [0.15, 0.2) is 47.5 Å². The molecule has 0 saturated heterocycles. The molecular weight excluding hydrogens is 345 g/mol. The zero-order valence-electron chi connectivity index (χ0n) is 14.0. The summed E-state index contributed by atoms with van der Waals surface area (Å²) in [7, 11) is 4.00. The first kappa shape index (κ1) is 17.9. The molecule has 0 fully saturated rings. The highest BCUT2D eigenvalue weighted by Gasteiger charge is 2.29. The van der Waals surface area contributed by atoms with Crippen LogP contribution in [0.1, 0.15) is 23.2 Å². The average Bonchev–Trinajstić information content (AvgIpc) is 2.91. The molecule has 2 heterocycles. The van der Waals surface area contributed by atoms with Crippen molar-refractivity contribution >= 4 is 29.6 Å². The molecule has 6 heteroatoms. The number of hydrogen-bond donors (Lipinski definition) is 0. The smallest absolute Gasteiger partial charge is 0.323 e. The predicted octanol–water partition coefficient (Wildman–Crippen LogP) is 5.42. The largest absolute Gasteiger partial charge is 0.446 e. The topological polar surface area (TPSA) is 8.17 Å². The van der Waals surface area contributed by atoms with E-state index >= 15 is 0 Å². The molecule has 0 amide bonds. The van der Waals surface area contributed by atoms with Crippen LogP contribution in [0.25, 0.3) is 17.8 Å². The van der Waals surface area contributed by atoms with Gasteiger partial charge in [0.15, 0.2) is 0 Å². The van der Waals surface area contributed by atoms with Crippen molar-refractivity contribution in [3.8, 4) is 0 Å². The molecule has 0 aliphatic carbocycles. The number of fused-ring (bicyclic) bond motifs is 2. The molecule has 1 aromatic carbocycles. The summed E-state index contributed by atoms with van der Waals surface area (Å²) >= 11 is -0.0718. The lowest BCUT2D eigenvalue weighted by atomic mass is 9.97. The molecule has 0 saturated carbocycles. The van der Waals surface area contributed by atoms with E-state index in [1.54, 1.807) is 12.1 Å². The molecular formula is C19H19F3N2S. The predicted molar refractivity (Wildman–Crippen MR) is 98.3 cm³/mol. The lowest BCUT2D eigenvalue weighted by Gasteiger charge is -2.14. The number of nitrogens with zero attached hydrogens (tertiary/aromatic N) is 2. The van der Waals surface area contributed by atoms with Crippen LogP contribution < -0.4 is 0 Å². The fourth-order valence-electron chi connectivity index (χ4n) is 2.84. The van der Waals surface area contributed by atoms with Crippen LogP contribution >= 0.6 is 11.8 Å². The Labute approximate surface area is 149 Å². The summed E-state index contributed by atoms with van der Waals surface area (Å²) < 4.78 is 40.3. The summed E-state index contributed by atoms with van der Waals surface area (Å²) in [6, 6.07) is 8.86. The van der Waals surface area contributed by atoms with Gasteiger partial charge >= 0.3 is 5.51 Å². The fourth-order valence-corrected chi connectivity index (χ4v) is 3.42. The molecule has 2 nitrogen and oxygen atoms in total. The van der Waals surface area contributed by atoms with E-state index < -0.39 is 5.51 Å². The van der Waals surface area contributed by atoms with E-state index in [2.05, 4.69) is 11.0 Å². The Morgan fingerprint density at radius 1 is 1.20 bits per heavy atom. The van der Waals surface area contributed by atoms with Gasteiger partial charge in [0.1, 0.15) is 0 Å². The second-order valence-electron chi connectivity index (χ2n) is 6.12. The lowest BCUT2D eigenvalue weighted by molar-refractivity contribution is -0.0328. The maximum absolute atomic E-state index is 12.8. The number of hydrogen-bond acceptors (Lipinski definition) is 2. The Hall–Kier alpha value is -1.92. The van der Waals surface area contributed by atoms with Gasteiger partial charge in [-0.25, -0.2) is 0 Å². The summed E-state index contributed by atoms with van der Waals surface area (Å²) in [5, 5.41) is 0. The van der Waals surface area contributed by atoms with E-state index in [0.29, 0.717) is 0 Å². The highest BCUT2D eigenvalue weighted by molar-refractivity contribution is 8.00. The Morgan fingerprint density at radius 2 is 2.00 bits per heavy atom. The first-order chi connectivity index (χ1) is 11.8. The van der Waals surface area contributed by atoms with Crippen molar-refractivity contribution in [1.82, 2.24) is 9.47 Å². The zero-order valence-corrected chi connectivity index (χ0v) is 14.9.